The van der Waals surface area contributed by atoms with E-state index in [-0.39, 0.29) is 24.2 Å². The second-order valence-corrected chi connectivity index (χ2v) is 9.15. The molecule has 2 aliphatic heterocycles. The van der Waals surface area contributed by atoms with Gasteiger partial charge < -0.3 is 5.32 Å². The Morgan fingerprint density at radius 1 is 1.26 bits per heavy atom. The molecule has 1 amide bonds. The quantitative estimate of drug-likeness (QED) is 0.826. The van der Waals surface area contributed by atoms with Crippen LogP contribution in [-0.4, -0.2) is 62.0 Å². The molecule has 0 saturated carbocycles. The van der Waals surface area contributed by atoms with E-state index >= 15 is 0 Å². The average Bonchev–Trinajstić information content (AvgIpc) is 3.23. The topological polar surface area (TPSA) is 69.7 Å². The first kappa shape index (κ1) is 16.9. The first-order valence-corrected chi connectivity index (χ1v) is 10.6. The van der Waals surface area contributed by atoms with Gasteiger partial charge in [-0.3, -0.25) is 9.69 Å². The number of rotatable bonds is 6. The third-order valence-corrected chi connectivity index (χ3v) is 7.35. The Morgan fingerprint density at radius 3 is 2.65 bits per heavy atom. The molecule has 2 aliphatic rings. The number of nitrogens with zero attached hydrogens (tertiary/aromatic N) is 2. The molecular weight excluding hydrogens is 334 g/mol. The molecule has 2 fully saturated rings. The molecule has 23 heavy (non-hydrogen) atoms. The Balaban J connectivity index is 1.57. The molecule has 3 rings (SSSR count). The number of amides is 1. The van der Waals surface area contributed by atoms with Crippen LogP contribution in [0.3, 0.4) is 0 Å². The van der Waals surface area contributed by atoms with Crippen molar-refractivity contribution < 1.29 is 13.2 Å². The number of carbonyl (C=O) groups excluding carboxylic acids is 1. The minimum Gasteiger partial charge on any atom is -0.353 e. The van der Waals surface area contributed by atoms with Gasteiger partial charge in [-0.05, 0) is 43.8 Å². The van der Waals surface area contributed by atoms with E-state index in [2.05, 4.69) is 21.7 Å². The van der Waals surface area contributed by atoms with Crippen LogP contribution in [0.25, 0.3) is 0 Å². The van der Waals surface area contributed by atoms with Crippen LogP contribution in [0, 0.1) is 0 Å². The van der Waals surface area contributed by atoms with E-state index in [0.29, 0.717) is 19.5 Å². The number of thiophene rings is 1. The summed E-state index contributed by atoms with van der Waals surface area (Å²) in [5.74, 6) is -0.0532. The van der Waals surface area contributed by atoms with Crippen molar-refractivity contribution in [1.29, 1.82) is 0 Å². The molecule has 6 nitrogen and oxygen atoms in total. The minimum atomic E-state index is -3.22. The van der Waals surface area contributed by atoms with Crippen LogP contribution in [0.5, 0.6) is 0 Å². The van der Waals surface area contributed by atoms with Gasteiger partial charge in [0.25, 0.3) is 0 Å². The van der Waals surface area contributed by atoms with Crippen LogP contribution >= 0.6 is 11.3 Å². The zero-order valence-corrected chi connectivity index (χ0v) is 14.7. The van der Waals surface area contributed by atoms with E-state index in [4.69, 9.17) is 0 Å². The van der Waals surface area contributed by atoms with Gasteiger partial charge in [-0.2, -0.15) is 4.31 Å². The second-order valence-electron chi connectivity index (χ2n) is 6.08. The molecule has 1 atom stereocenters. The van der Waals surface area contributed by atoms with Gasteiger partial charge >= 0.3 is 0 Å². The fraction of sp³-hybridized carbons (Fsp3) is 0.667. The highest BCUT2D eigenvalue weighted by atomic mass is 32.2. The van der Waals surface area contributed by atoms with Crippen molar-refractivity contribution >= 4 is 27.3 Å². The highest BCUT2D eigenvalue weighted by molar-refractivity contribution is 7.89. The highest BCUT2D eigenvalue weighted by Gasteiger charge is 2.30. The number of likely N-dealkylation sites (tertiary alicyclic amines) is 1. The lowest BCUT2D eigenvalue weighted by Gasteiger charge is -2.27. The molecule has 0 radical (unpaired) electrons. The molecule has 0 aliphatic carbocycles. The molecule has 0 spiro atoms. The van der Waals surface area contributed by atoms with Crippen molar-refractivity contribution in [1.82, 2.24) is 14.5 Å². The van der Waals surface area contributed by atoms with Gasteiger partial charge in [-0.1, -0.05) is 6.07 Å². The largest absolute Gasteiger partial charge is 0.353 e. The SMILES string of the molecule is O=C(CN1CCCS1(=O)=O)NCC(c1cccs1)N1CCCC1. The minimum absolute atomic E-state index is 0.0561. The Bertz CT molecular complexity index is 624. The summed E-state index contributed by atoms with van der Waals surface area (Å²) in [4.78, 5) is 15.8. The number of sulfonamides is 1. The van der Waals surface area contributed by atoms with E-state index in [9.17, 15) is 13.2 Å². The lowest BCUT2D eigenvalue weighted by molar-refractivity contribution is -0.121. The van der Waals surface area contributed by atoms with Crippen LogP contribution in [0.15, 0.2) is 17.5 Å². The van der Waals surface area contributed by atoms with Crippen molar-refractivity contribution in [2.45, 2.75) is 25.3 Å². The molecule has 0 bridgehead atoms. The molecule has 3 heterocycles. The molecule has 1 unspecified atom stereocenters. The van der Waals surface area contributed by atoms with Gasteiger partial charge in [0.1, 0.15) is 0 Å². The maximum Gasteiger partial charge on any atom is 0.235 e. The van der Waals surface area contributed by atoms with Gasteiger partial charge in [0, 0.05) is 18.0 Å². The predicted molar refractivity (Wildman–Crippen MR) is 90.9 cm³/mol. The number of nitrogens with one attached hydrogen (secondary N) is 1. The van der Waals surface area contributed by atoms with Crippen LogP contribution in [0.1, 0.15) is 30.2 Å². The first-order valence-electron chi connectivity index (χ1n) is 8.08. The van der Waals surface area contributed by atoms with Crippen molar-refractivity contribution in [3.05, 3.63) is 22.4 Å². The van der Waals surface area contributed by atoms with Gasteiger partial charge in [0.2, 0.25) is 15.9 Å². The lowest BCUT2D eigenvalue weighted by atomic mass is 10.2. The zero-order valence-electron chi connectivity index (χ0n) is 13.1. The maximum absolute atomic E-state index is 12.1. The van der Waals surface area contributed by atoms with Gasteiger partial charge in [0.15, 0.2) is 0 Å². The molecule has 1 aromatic heterocycles. The van der Waals surface area contributed by atoms with Crippen LogP contribution in [0.2, 0.25) is 0 Å². The summed E-state index contributed by atoms with van der Waals surface area (Å²) < 4.78 is 24.8. The fourth-order valence-corrected chi connectivity index (χ4v) is 5.57. The molecule has 8 heteroatoms. The average molecular weight is 358 g/mol. The molecular formula is C15H23N3O3S2. The molecule has 128 valence electrons. The maximum atomic E-state index is 12.1. The highest BCUT2D eigenvalue weighted by Crippen LogP contribution is 2.27. The Kier molecular flexibility index (Phi) is 5.35. The van der Waals surface area contributed by atoms with E-state index < -0.39 is 10.0 Å². The van der Waals surface area contributed by atoms with Gasteiger partial charge in [-0.25, -0.2) is 8.42 Å². The Hall–Kier alpha value is -0.960. The number of hydrogen-bond acceptors (Lipinski definition) is 5. The normalized spacial score (nSPS) is 23.1. The van der Waals surface area contributed by atoms with Crippen molar-refractivity contribution in [3.8, 4) is 0 Å². The summed E-state index contributed by atoms with van der Waals surface area (Å²) in [5, 5.41) is 4.99. The zero-order chi connectivity index (χ0) is 16.3. The van der Waals surface area contributed by atoms with Crippen molar-refractivity contribution in [2.24, 2.45) is 0 Å². The molecule has 1 N–H and O–H groups in total. The third kappa shape index (κ3) is 4.12. The van der Waals surface area contributed by atoms with E-state index in [1.165, 1.54) is 22.0 Å². The number of carbonyl (C=O) groups is 1. The molecule has 2 saturated heterocycles. The number of hydrogen-bond donors (Lipinski definition) is 1. The van der Waals surface area contributed by atoms with E-state index in [1.807, 2.05) is 6.07 Å². The molecule has 1 aromatic rings. The first-order chi connectivity index (χ1) is 11.1. The summed E-state index contributed by atoms with van der Waals surface area (Å²) in [6, 6.07) is 4.32. The Labute approximate surface area is 141 Å². The van der Waals surface area contributed by atoms with Crippen molar-refractivity contribution in [3.63, 3.8) is 0 Å². The third-order valence-electron chi connectivity index (χ3n) is 4.47. The summed E-state index contributed by atoms with van der Waals surface area (Å²) in [6.45, 7) is 3.04. The smallest absolute Gasteiger partial charge is 0.235 e. The van der Waals surface area contributed by atoms with Gasteiger partial charge in [-0.15, -0.1) is 11.3 Å². The van der Waals surface area contributed by atoms with Crippen LogP contribution < -0.4 is 5.32 Å². The van der Waals surface area contributed by atoms with Crippen LogP contribution in [0.4, 0.5) is 0 Å². The van der Waals surface area contributed by atoms with Gasteiger partial charge in [0.05, 0.1) is 18.3 Å². The van der Waals surface area contributed by atoms with E-state index in [0.717, 1.165) is 13.1 Å². The van der Waals surface area contributed by atoms with E-state index in [1.54, 1.807) is 11.3 Å². The standard InChI is InChI=1S/C15H23N3O3S2/c19-15(12-18-8-4-10-23(18,20)21)16-11-13(14-5-3-9-22-14)17-6-1-2-7-17/h3,5,9,13H,1-2,4,6-8,10-12H2,(H,16,19). The predicted octanol–water partition coefficient (Wildman–Crippen LogP) is 1.04. The van der Waals surface area contributed by atoms with Crippen molar-refractivity contribution in [2.75, 3.05) is 38.5 Å². The lowest BCUT2D eigenvalue weighted by Crippen LogP contribution is -2.42. The Morgan fingerprint density at radius 2 is 2.04 bits per heavy atom. The monoisotopic (exact) mass is 357 g/mol. The summed E-state index contributed by atoms with van der Waals surface area (Å²) >= 11 is 1.70. The molecule has 0 aromatic carbocycles. The summed E-state index contributed by atoms with van der Waals surface area (Å²) in [6.07, 6.45) is 3.00. The summed E-state index contributed by atoms with van der Waals surface area (Å²) in [7, 11) is -3.22. The van der Waals surface area contributed by atoms with Crippen LogP contribution in [-0.2, 0) is 14.8 Å². The second kappa shape index (κ2) is 7.29. The summed E-state index contributed by atoms with van der Waals surface area (Å²) in [5.41, 5.74) is 0. The fourth-order valence-electron chi connectivity index (χ4n) is 3.24.